The number of ether oxygens (including phenoxy) is 1. The highest BCUT2D eigenvalue weighted by Crippen LogP contribution is 2.26. The van der Waals surface area contributed by atoms with Crippen LogP contribution < -0.4 is 4.74 Å². The lowest BCUT2D eigenvalue weighted by molar-refractivity contribution is -0.274. The Kier molecular flexibility index (Phi) is 4.95. The van der Waals surface area contributed by atoms with Crippen LogP contribution >= 0.6 is 0 Å². The zero-order chi connectivity index (χ0) is 16.3. The number of amides is 1. The van der Waals surface area contributed by atoms with E-state index in [0.29, 0.717) is 18.5 Å². The molecule has 2 unspecified atom stereocenters. The molecule has 7 heteroatoms. The summed E-state index contributed by atoms with van der Waals surface area (Å²) in [6.07, 6.45) is -3.06. The summed E-state index contributed by atoms with van der Waals surface area (Å²) in [5.74, 6) is -0.590. The molecule has 122 valence electrons. The fourth-order valence-electron chi connectivity index (χ4n) is 2.71. The Bertz CT molecular complexity index is 514. The second kappa shape index (κ2) is 6.56. The molecule has 0 bridgehead atoms. The molecular weight excluding hydrogens is 299 g/mol. The van der Waals surface area contributed by atoms with E-state index in [-0.39, 0.29) is 17.7 Å². The van der Waals surface area contributed by atoms with Crippen LogP contribution in [0, 0.1) is 0 Å². The molecule has 1 amide bonds. The second-order valence-corrected chi connectivity index (χ2v) is 5.45. The number of likely N-dealkylation sites (tertiary alicyclic amines) is 1. The molecule has 0 aromatic heterocycles. The van der Waals surface area contributed by atoms with Gasteiger partial charge in [0.2, 0.25) is 0 Å². The normalized spacial score (nSPS) is 20.0. The van der Waals surface area contributed by atoms with Gasteiger partial charge in [0.15, 0.2) is 0 Å². The molecule has 1 saturated heterocycles. The summed E-state index contributed by atoms with van der Waals surface area (Å²) in [7, 11) is 0. The van der Waals surface area contributed by atoms with Crippen LogP contribution in [0.3, 0.4) is 0 Å². The SMILES string of the molecule is CC(O)CC1CCCN1C(=O)c1ccc(OC(F)(F)F)cc1. The van der Waals surface area contributed by atoms with Crippen LogP contribution in [-0.2, 0) is 0 Å². The van der Waals surface area contributed by atoms with Crippen molar-refractivity contribution in [2.45, 2.75) is 44.7 Å². The summed E-state index contributed by atoms with van der Waals surface area (Å²) >= 11 is 0. The molecule has 1 aliphatic heterocycles. The maximum absolute atomic E-state index is 12.4. The molecule has 1 heterocycles. The summed E-state index contributed by atoms with van der Waals surface area (Å²) in [6, 6.07) is 4.86. The van der Waals surface area contributed by atoms with Crippen molar-refractivity contribution in [3.05, 3.63) is 29.8 Å². The molecule has 22 heavy (non-hydrogen) atoms. The van der Waals surface area contributed by atoms with E-state index in [0.717, 1.165) is 25.0 Å². The van der Waals surface area contributed by atoms with Crippen LogP contribution in [0.1, 0.15) is 36.5 Å². The number of benzene rings is 1. The molecule has 1 N–H and O–H groups in total. The standard InChI is InChI=1S/C15H18F3NO3/c1-10(20)9-12-3-2-8-19(12)14(21)11-4-6-13(7-5-11)22-15(16,17)18/h4-7,10,12,20H,2-3,8-9H2,1H3. The molecular formula is C15H18F3NO3. The lowest BCUT2D eigenvalue weighted by atomic mass is 10.1. The largest absolute Gasteiger partial charge is 0.573 e. The van der Waals surface area contributed by atoms with Gasteiger partial charge in [-0.25, -0.2) is 0 Å². The third kappa shape index (κ3) is 4.37. The van der Waals surface area contributed by atoms with E-state index < -0.39 is 12.5 Å². The van der Waals surface area contributed by atoms with Crippen LogP contribution in [0.25, 0.3) is 0 Å². The average molecular weight is 317 g/mol. The molecule has 1 aromatic rings. The zero-order valence-corrected chi connectivity index (χ0v) is 12.1. The van der Waals surface area contributed by atoms with Gasteiger partial charge in [-0.2, -0.15) is 0 Å². The van der Waals surface area contributed by atoms with Gasteiger partial charge in [0, 0.05) is 18.2 Å². The minimum atomic E-state index is -4.75. The Morgan fingerprint density at radius 3 is 2.59 bits per heavy atom. The van der Waals surface area contributed by atoms with Crippen LogP contribution in [-0.4, -0.2) is 41.0 Å². The zero-order valence-electron chi connectivity index (χ0n) is 12.1. The fraction of sp³-hybridized carbons (Fsp3) is 0.533. The van der Waals surface area contributed by atoms with Crippen molar-refractivity contribution in [1.29, 1.82) is 0 Å². The molecule has 0 aliphatic carbocycles. The van der Waals surface area contributed by atoms with Gasteiger partial charge in [0.05, 0.1) is 6.10 Å². The molecule has 4 nitrogen and oxygen atoms in total. The number of halogens is 3. The highest BCUT2D eigenvalue weighted by atomic mass is 19.4. The second-order valence-electron chi connectivity index (χ2n) is 5.45. The Morgan fingerprint density at radius 1 is 1.41 bits per heavy atom. The molecule has 1 aromatic carbocycles. The van der Waals surface area contributed by atoms with E-state index in [4.69, 9.17) is 0 Å². The Morgan fingerprint density at radius 2 is 2.05 bits per heavy atom. The van der Waals surface area contributed by atoms with Crippen LogP contribution in [0.4, 0.5) is 13.2 Å². The Labute approximate surface area is 126 Å². The molecule has 1 aliphatic rings. The number of carbonyl (C=O) groups is 1. The third-order valence-corrected chi connectivity index (χ3v) is 3.59. The van der Waals surface area contributed by atoms with E-state index in [1.807, 2.05) is 0 Å². The highest BCUT2D eigenvalue weighted by Gasteiger charge is 2.32. The summed E-state index contributed by atoms with van der Waals surface area (Å²) in [6.45, 7) is 2.27. The van der Waals surface area contributed by atoms with Crippen molar-refractivity contribution in [2.24, 2.45) is 0 Å². The van der Waals surface area contributed by atoms with Gasteiger partial charge in [-0.15, -0.1) is 13.2 Å². The number of nitrogens with zero attached hydrogens (tertiary/aromatic N) is 1. The van der Waals surface area contributed by atoms with Crippen LogP contribution in [0.5, 0.6) is 5.75 Å². The topological polar surface area (TPSA) is 49.8 Å². The summed E-state index contributed by atoms with van der Waals surface area (Å²) in [4.78, 5) is 14.1. The van der Waals surface area contributed by atoms with Crippen molar-refractivity contribution in [3.63, 3.8) is 0 Å². The minimum absolute atomic E-state index is 0.0291. The Hall–Kier alpha value is -1.76. The van der Waals surface area contributed by atoms with Gasteiger partial charge in [-0.3, -0.25) is 4.79 Å². The van der Waals surface area contributed by atoms with Gasteiger partial charge in [-0.05, 0) is 50.5 Å². The Balaban J connectivity index is 2.06. The monoisotopic (exact) mass is 317 g/mol. The number of alkyl halides is 3. The molecule has 2 rings (SSSR count). The number of aliphatic hydroxyl groups is 1. The summed E-state index contributed by atoms with van der Waals surface area (Å²) in [5.41, 5.74) is 0.312. The molecule has 0 spiro atoms. The van der Waals surface area contributed by atoms with E-state index in [2.05, 4.69) is 4.74 Å². The van der Waals surface area contributed by atoms with E-state index >= 15 is 0 Å². The number of hydrogen-bond acceptors (Lipinski definition) is 3. The van der Waals surface area contributed by atoms with Crippen molar-refractivity contribution < 1.29 is 27.8 Å². The first kappa shape index (κ1) is 16.6. The van der Waals surface area contributed by atoms with Crippen LogP contribution in [0.15, 0.2) is 24.3 Å². The van der Waals surface area contributed by atoms with Gasteiger partial charge in [0.1, 0.15) is 5.75 Å². The number of hydrogen-bond donors (Lipinski definition) is 1. The lowest BCUT2D eigenvalue weighted by Gasteiger charge is -2.25. The van der Waals surface area contributed by atoms with Gasteiger partial charge in [0.25, 0.3) is 5.91 Å². The third-order valence-electron chi connectivity index (χ3n) is 3.59. The molecule has 1 fully saturated rings. The van der Waals surface area contributed by atoms with Crippen molar-refractivity contribution >= 4 is 5.91 Å². The van der Waals surface area contributed by atoms with Gasteiger partial charge < -0.3 is 14.7 Å². The maximum Gasteiger partial charge on any atom is 0.573 e. The maximum atomic E-state index is 12.4. The molecule has 2 atom stereocenters. The highest BCUT2D eigenvalue weighted by molar-refractivity contribution is 5.94. The van der Waals surface area contributed by atoms with E-state index in [1.165, 1.54) is 12.1 Å². The molecule has 0 radical (unpaired) electrons. The first-order valence-corrected chi connectivity index (χ1v) is 7.11. The quantitative estimate of drug-likeness (QED) is 0.929. The first-order chi connectivity index (χ1) is 10.3. The fourth-order valence-corrected chi connectivity index (χ4v) is 2.71. The van der Waals surface area contributed by atoms with Crippen LogP contribution in [0.2, 0.25) is 0 Å². The lowest BCUT2D eigenvalue weighted by Crippen LogP contribution is -2.37. The number of rotatable bonds is 4. The summed E-state index contributed by atoms with van der Waals surface area (Å²) < 4.78 is 40.1. The van der Waals surface area contributed by atoms with Gasteiger partial charge in [-0.1, -0.05) is 0 Å². The summed E-state index contributed by atoms with van der Waals surface area (Å²) in [5, 5.41) is 9.47. The predicted octanol–water partition coefficient (Wildman–Crippen LogP) is 2.96. The van der Waals surface area contributed by atoms with E-state index in [9.17, 15) is 23.1 Å². The minimum Gasteiger partial charge on any atom is -0.406 e. The smallest absolute Gasteiger partial charge is 0.406 e. The van der Waals surface area contributed by atoms with Crippen molar-refractivity contribution in [3.8, 4) is 5.75 Å². The van der Waals surface area contributed by atoms with E-state index in [1.54, 1.807) is 11.8 Å². The average Bonchev–Trinajstić information content (AvgIpc) is 2.84. The predicted molar refractivity (Wildman–Crippen MR) is 73.5 cm³/mol. The van der Waals surface area contributed by atoms with Crippen molar-refractivity contribution in [1.82, 2.24) is 4.90 Å². The van der Waals surface area contributed by atoms with Crippen molar-refractivity contribution in [2.75, 3.05) is 6.54 Å². The number of aliphatic hydroxyl groups excluding tert-OH is 1. The number of carbonyl (C=O) groups excluding carboxylic acids is 1. The molecule has 0 saturated carbocycles. The van der Waals surface area contributed by atoms with Gasteiger partial charge >= 0.3 is 6.36 Å². The first-order valence-electron chi connectivity index (χ1n) is 7.11.